The Morgan fingerprint density at radius 1 is 1.48 bits per heavy atom. The molecule has 0 radical (unpaired) electrons. The number of hydrogen-bond acceptors (Lipinski definition) is 4. The monoisotopic (exact) mass is 286 g/mol. The molecular weight excluding hydrogens is 268 g/mol. The molecule has 110 valence electrons. The number of aliphatic hydroxyl groups is 1. The summed E-state index contributed by atoms with van der Waals surface area (Å²) in [6.07, 6.45) is 4.57. The first kappa shape index (κ1) is 13.8. The van der Waals surface area contributed by atoms with Crippen molar-refractivity contribution in [3.05, 3.63) is 36.2 Å². The largest absolute Gasteiger partial charge is 0.437 e. The molecule has 21 heavy (non-hydrogen) atoms. The molecule has 1 aliphatic heterocycles. The number of likely N-dealkylation sites (tertiary alicyclic amines) is 1. The number of aromatic nitrogens is 1. The first-order valence-electron chi connectivity index (χ1n) is 7.08. The van der Waals surface area contributed by atoms with E-state index in [0.29, 0.717) is 24.6 Å². The minimum Gasteiger partial charge on any atom is -0.437 e. The number of benzene rings is 1. The molecule has 0 spiro atoms. The summed E-state index contributed by atoms with van der Waals surface area (Å²) in [7, 11) is 0. The van der Waals surface area contributed by atoms with Crippen molar-refractivity contribution in [2.45, 2.75) is 25.4 Å². The van der Waals surface area contributed by atoms with Crippen LogP contribution in [-0.2, 0) is 4.79 Å². The van der Waals surface area contributed by atoms with Gasteiger partial charge in [0, 0.05) is 25.2 Å². The molecule has 0 bridgehead atoms. The maximum Gasteiger partial charge on any atom is 0.246 e. The fourth-order valence-electron chi connectivity index (χ4n) is 2.62. The van der Waals surface area contributed by atoms with Crippen LogP contribution in [0.3, 0.4) is 0 Å². The minimum absolute atomic E-state index is 0.128. The van der Waals surface area contributed by atoms with E-state index in [1.165, 1.54) is 6.08 Å². The van der Waals surface area contributed by atoms with Gasteiger partial charge in [-0.25, -0.2) is 4.98 Å². The average Bonchev–Trinajstić information content (AvgIpc) is 2.86. The number of fused-ring (bicyclic) bond motifs is 1. The van der Waals surface area contributed by atoms with Crippen molar-refractivity contribution in [1.29, 1.82) is 0 Å². The molecule has 2 heterocycles. The van der Waals surface area contributed by atoms with Crippen molar-refractivity contribution in [3.63, 3.8) is 0 Å². The Labute approximate surface area is 122 Å². The second kappa shape index (κ2) is 5.33. The summed E-state index contributed by atoms with van der Waals surface area (Å²) in [5.41, 5.74) is 0.676. The van der Waals surface area contributed by atoms with Crippen LogP contribution in [0.1, 0.15) is 25.7 Å². The lowest BCUT2D eigenvalue weighted by atomic mass is 9.95. The van der Waals surface area contributed by atoms with Crippen molar-refractivity contribution in [2.75, 3.05) is 13.1 Å². The molecule has 3 rings (SSSR count). The van der Waals surface area contributed by atoms with Gasteiger partial charge in [0.2, 0.25) is 11.8 Å². The molecule has 1 amide bonds. The Morgan fingerprint density at radius 2 is 2.29 bits per heavy atom. The van der Waals surface area contributed by atoms with E-state index in [1.807, 2.05) is 24.3 Å². The second-order valence-electron chi connectivity index (χ2n) is 5.71. The molecule has 1 unspecified atom stereocenters. The molecular formula is C16H18N2O3. The third-order valence-corrected chi connectivity index (χ3v) is 3.67. The van der Waals surface area contributed by atoms with Gasteiger partial charge in [-0.2, -0.15) is 0 Å². The molecule has 5 heteroatoms. The van der Waals surface area contributed by atoms with E-state index in [2.05, 4.69) is 4.98 Å². The smallest absolute Gasteiger partial charge is 0.246 e. The zero-order chi connectivity index (χ0) is 14.9. The predicted molar refractivity (Wildman–Crippen MR) is 79.5 cm³/mol. The number of oxazole rings is 1. The Bertz CT molecular complexity index is 655. The molecule has 5 nitrogen and oxygen atoms in total. The zero-order valence-electron chi connectivity index (χ0n) is 12.0. The van der Waals surface area contributed by atoms with Crippen LogP contribution in [0.4, 0.5) is 0 Å². The number of carbonyl (C=O) groups excluding carboxylic acids is 1. The molecule has 1 aromatic carbocycles. The van der Waals surface area contributed by atoms with Crippen molar-refractivity contribution in [1.82, 2.24) is 9.88 Å². The topological polar surface area (TPSA) is 66.6 Å². The Kier molecular flexibility index (Phi) is 3.51. The highest BCUT2D eigenvalue weighted by Gasteiger charge is 2.29. The van der Waals surface area contributed by atoms with Gasteiger partial charge in [-0.15, -0.1) is 0 Å². The average molecular weight is 286 g/mol. The lowest BCUT2D eigenvalue weighted by molar-refractivity contribution is -0.132. The van der Waals surface area contributed by atoms with Crippen LogP contribution in [0.15, 0.2) is 34.8 Å². The second-order valence-corrected chi connectivity index (χ2v) is 5.71. The molecule has 1 aliphatic rings. The van der Waals surface area contributed by atoms with E-state index in [0.717, 1.165) is 18.4 Å². The van der Waals surface area contributed by atoms with Crippen molar-refractivity contribution in [2.24, 2.45) is 0 Å². The SMILES string of the molecule is CC1(O)CCCN(C(=O)/C=C/c2nc3ccccc3o2)C1. The molecule has 1 N–H and O–H groups in total. The van der Waals surface area contributed by atoms with Gasteiger partial charge in [0.05, 0.1) is 5.60 Å². The normalized spacial score (nSPS) is 23.0. The number of nitrogens with zero attached hydrogens (tertiary/aromatic N) is 2. The zero-order valence-corrected chi connectivity index (χ0v) is 12.0. The van der Waals surface area contributed by atoms with E-state index < -0.39 is 5.60 Å². The lowest BCUT2D eigenvalue weighted by Crippen LogP contribution is -2.48. The predicted octanol–water partition coefficient (Wildman–Crippen LogP) is 2.21. The molecule has 1 aromatic heterocycles. The van der Waals surface area contributed by atoms with Gasteiger partial charge in [0.1, 0.15) is 5.52 Å². The van der Waals surface area contributed by atoms with Crippen molar-refractivity contribution in [3.8, 4) is 0 Å². The van der Waals surface area contributed by atoms with Crippen LogP contribution in [-0.4, -0.2) is 39.6 Å². The fraction of sp³-hybridized carbons (Fsp3) is 0.375. The third-order valence-electron chi connectivity index (χ3n) is 3.67. The van der Waals surface area contributed by atoms with E-state index in [1.54, 1.807) is 17.9 Å². The quantitative estimate of drug-likeness (QED) is 0.860. The number of rotatable bonds is 2. The number of para-hydroxylation sites is 2. The van der Waals surface area contributed by atoms with E-state index in [4.69, 9.17) is 4.42 Å². The number of amides is 1. The molecule has 0 saturated carbocycles. The van der Waals surface area contributed by atoms with E-state index in [-0.39, 0.29) is 5.91 Å². The summed E-state index contributed by atoms with van der Waals surface area (Å²) >= 11 is 0. The van der Waals surface area contributed by atoms with Crippen LogP contribution in [0.5, 0.6) is 0 Å². The van der Waals surface area contributed by atoms with Crippen LogP contribution in [0, 0.1) is 0 Å². The number of β-amino-alcohol motifs (C(OH)–C–C–N with tert-alkyl or cyclic N) is 1. The highest BCUT2D eigenvalue weighted by atomic mass is 16.3. The summed E-state index contributed by atoms with van der Waals surface area (Å²) in [5, 5.41) is 10.0. The Balaban J connectivity index is 1.71. The summed E-state index contributed by atoms with van der Waals surface area (Å²) in [6.45, 7) is 2.80. The van der Waals surface area contributed by atoms with Crippen LogP contribution in [0.25, 0.3) is 17.2 Å². The summed E-state index contributed by atoms with van der Waals surface area (Å²) in [5.74, 6) is 0.283. The van der Waals surface area contributed by atoms with E-state index in [9.17, 15) is 9.90 Å². The van der Waals surface area contributed by atoms with E-state index >= 15 is 0 Å². The molecule has 2 aromatic rings. The summed E-state index contributed by atoms with van der Waals surface area (Å²) in [6, 6.07) is 7.46. The first-order valence-corrected chi connectivity index (χ1v) is 7.08. The van der Waals surface area contributed by atoms with Crippen LogP contribution < -0.4 is 0 Å². The Hall–Kier alpha value is -2.14. The van der Waals surface area contributed by atoms with Crippen molar-refractivity contribution >= 4 is 23.1 Å². The molecule has 1 atom stereocenters. The lowest BCUT2D eigenvalue weighted by Gasteiger charge is -2.36. The van der Waals surface area contributed by atoms with Crippen LogP contribution >= 0.6 is 0 Å². The highest BCUT2D eigenvalue weighted by molar-refractivity contribution is 5.91. The standard InChI is InChI=1S/C16H18N2O3/c1-16(20)9-4-10-18(11-16)15(19)8-7-14-17-12-5-2-3-6-13(12)21-14/h2-3,5-8,20H,4,9-11H2,1H3/b8-7+. The Morgan fingerprint density at radius 3 is 3.05 bits per heavy atom. The summed E-state index contributed by atoms with van der Waals surface area (Å²) in [4.78, 5) is 18.1. The maximum atomic E-state index is 12.1. The fourth-order valence-corrected chi connectivity index (χ4v) is 2.62. The maximum absolute atomic E-state index is 12.1. The van der Waals surface area contributed by atoms with Gasteiger partial charge in [0.15, 0.2) is 5.58 Å². The van der Waals surface area contributed by atoms with Gasteiger partial charge in [-0.1, -0.05) is 12.1 Å². The van der Waals surface area contributed by atoms with Gasteiger partial charge in [-0.3, -0.25) is 4.79 Å². The van der Waals surface area contributed by atoms with Crippen molar-refractivity contribution < 1.29 is 14.3 Å². The van der Waals surface area contributed by atoms with Gasteiger partial charge < -0.3 is 14.4 Å². The van der Waals surface area contributed by atoms with Gasteiger partial charge in [-0.05, 0) is 31.9 Å². The highest BCUT2D eigenvalue weighted by Crippen LogP contribution is 2.21. The third kappa shape index (κ3) is 3.13. The first-order chi connectivity index (χ1) is 10.0. The molecule has 1 saturated heterocycles. The summed E-state index contributed by atoms with van der Waals surface area (Å²) < 4.78 is 5.53. The number of carbonyl (C=O) groups is 1. The van der Waals surface area contributed by atoms with Crippen LogP contribution in [0.2, 0.25) is 0 Å². The van der Waals surface area contributed by atoms with Gasteiger partial charge in [0.25, 0.3) is 0 Å². The molecule has 1 fully saturated rings. The number of piperidine rings is 1. The minimum atomic E-state index is -0.792. The van der Waals surface area contributed by atoms with Gasteiger partial charge >= 0.3 is 0 Å². The number of hydrogen-bond donors (Lipinski definition) is 1. The molecule has 0 aliphatic carbocycles.